The second-order valence-corrected chi connectivity index (χ2v) is 9.70. The van der Waals surface area contributed by atoms with Gasteiger partial charge in [0, 0.05) is 52.6 Å². The van der Waals surface area contributed by atoms with E-state index in [4.69, 9.17) is 15.7 Å². The molecular formula is C26H23N6O2S-. The van der Waals surface area contributed by atoms with Gasteiger partial charge in [0.05, 0.1) is 11.2 Å². The number of anilines is 1. The highest BCUT2D eigenvalue weighted by molar-refractivity contribution is 7.77. The largest absolute Gasteiger partial charge is 0.760 e. The van der Waals surface area contributed by atoms with E-state index < -0.39 is 11.3 Å². The molecule has 1 atom stereocenters. The van der Waals surface area contributed by atoms with Crippen molar-refractivity contribution in [1.29, 1.82) is 0 Å². The zero-order valence-corrected chi connectivity index (χ0v) is 19.6. The molecule has 2 aromatic carbocycles. The van der Waals surface area contributed by atoms with Crippen LogP contribution in [0.2, 0.25) is 0 Å². The van der Waals surface area contributed by atoms with Gasteiger partial charge in [-0.15, -0.1) is 0 Å². The summed E-state index contributed by atoms with van der Waals surface area (Å²) in [5.41, 5.74) is 11.7. The van der Waals surface area contributed by atoms with Crippen molar-refractivity contribution < 1.29 is 8.76 Å². The third-order valence-electron chi connectivity index (χ3n) is 6.74. The Labute approximate surface area is 204 Å². The van der Waals surface area contributed by atoms with Crippen LogP contribution in [0.15, 0.2) is 73.1 Å². The number of nitrogen functional groups attached to an aromatic ring is 1. The van der Waals surface area contributed by atoms with Gasteiger partial charge in [-0.2, -0.15) is 0 Å². The third-order valence-corrected chi connectivity index (χ3v) is 7.14. The Kier molecular flexibility index (Phi) is 5.52. The van der Waals surface area contributed by atoms with Crippen molar-refractivity contribution in [2.24, 2.45) is 5.92 Å². The lowest BCUT2D eigenvalue weighted by Crippen LogP contribution is -2.33. The Bertz CT molecular complexity index is 1560. The second-order valence-electron chi connectivity index (χ2n) is 8.94. The quantitative estimate of drug-likeness (QED) is 0.351. The molecule has 3 heterocycles. The molecule has 5 aromatic rings. The number of rotatable bonds is 6. The van der Waals surface area contributed by atoms with E-state index in [0.29, 0.717) is 18.3 Å². The summed E-state index contributed by atoms with van der Waals surface area (Å²) >= 11 is -2.23. The van der Waals surface area contributed by atoms with Gasteiger partial charge >= 0.3 is 0 Å². The van der Waals surface area contributed by atoms with Gasteiger partial charge < -0.3 is 10.3 Å². The summed E-state index contributed by atoms with van der Waals surface area (Å²) in [6.45, 7) is 0.451. The maximum atomic E-state index is 10.8. The third kappa shape index (κ3) is 4.07. The van der Waals surface area contributed by atoms with Crippen molar-refractivity contribution in [3.63, 3.8) is 0 Å². The summed E-state index contributed by atoms with van der Waals surface area (Å²) in [6.07, 6.45) is 5.31. The summed E-state index contributed by atoms with van der Waals surface area (Å²) in [5, 5.41) is 1.05. The highest BCUT2D eigenvalue weighted by Crippen LogP contribution is 2.43. The van der Waals surface area contributed by atoms with E-state index in [1.165, 1.54) is 0 Å². The lowest BCUT2D eigenvalue weighted by atomic mass is 9.74. The molecule has 1 aliphatic rings. The van der Waals surface area contributed by atoms with Crippen molar-refractivity contribution >= 4 is 33.5 Å². The van der Waals surface area contributed by atoms with E-state index >= 15 is 0 Å². The van der Waals surface area contributed by atoms with Crippen LogP contribution in [-0.2, 0) is 11.3 Å². The summed E-state index contributed by atoms with van der Waals surface area (Å²) in [7, 11) is 0. The number of hydrogen-bond acceptors (Lipinski definition) is 6. The minimum absolute atomic E-state index is 0.230. The number of nitrogens with zero attached hydrogens (tertiary/aromatic N) is 4. The monoisotopic (exact) mass is 483 g/mol. The Balaban J connectivity index is 1.39. The van der Waals surface area contributed by atoms with Gasteiger partial charge in [-0.3, -0.25) is 8.61 Å². The molecule has 1 unspecified atom stereocenters. The summed E-state index contributed by atoms with van der Waals surface area (Å²) in [4.78, 5) is 14.3. The average molecular weight is 484 g/mol. The zero-order valence-electron chi connectivity index (χ0n) is 18.8. The van der Waals surface area contributed by atoms with E-state index in [1.807, 2.05) is 40.9 Å². The fourth-order valence-corrected chi connectivity index (χ4v) is 5.28. The number of nitrogens with two attached hydrogens (primary N) is 1. The molecule has 6 rings (SSSR count). The molecule has 3 aromatic heterocycles. The smallest absolute Gasteiger partial charge is 0.150 e. The normalized spacial score (nSPS) is 18.5. The van der Waals surface area contributed by atoms with E-state index in [1.54, 1.807) is 6.20 Å². The van der Waals surface area contributed by atoms with Crippen molar-refractivity contribution in [3.8, 4) is 22.5 Å². The number of nitrogens with one attached hydrogen (secondary N) is 1. The predicted molar refractivity (Wildman–Crippen MR) is 136 cm³/mol. The second kappa shape index (κ2) is 8.84. The van der Waals surface area contributed by atoms with Gasteiger partial charge in [-0.05, 0) is 30.9 Å². The summed E-state index contributed by atoms with van der Waals surface area (Å²) < 4.78 is 26.1. The van der Waals surface area contributed by atoms with E-state index in [9.17, 15) is 8.76 Å². The molecule has 35 heavy (non-hydrogen) atoms. The summed E-state index contributed by atoms with van der Waals surface area (Å²) in [6, 6.07) is 20.4. The van der Waals surface area contributed by atoms with E-state index in [2.05, 4.69) is 40.0 Å². The van der Waals surface area contributed by atoms with E-state index in [0.717, 1.165) is 57.6 Å². The number of aromatic nitrogens is 4. The first-order valence-electron chi connectivity index (χ1n) is 11.5. The lowest BCUT2D eigenvalue weighted by Gasteiger charge is -2.34. The van der Waals surface area contributed by atoms with Crippen LogP contribution in [-0.4, -0.2) is 34.7 Å². The predicted octanol–water partition coefficient (Wildman–Crippen LogP) is 4.07. The molecule has 0 radical (unpaired) electrons. The van der Waals surface area contributed by atoms with Crippen LogP contribution >= 0.6 is 0 Å². The van der Waals surface area contributed by atoms with Crippen LogP contribution in [0.4, 0.5) is 5.82 Å². The fourth-order valence-electron chi connectivity index (χ4n) is 4.91. The molecule has 0 amide bonds. The maximum absolute atomic E-state index is 10.8. The van der Waals surface area contributed by atoms with Gasteiger partial charge in [-0.1, -0.05) is 48.5 Å². The Hall–Kier alpha value is -3.66. The topological polar surface area (TPSA) is 121 Å². The number of benzene rings is 2. The van der Waals surface area contributed by atoms with Crippen LogP contribution in [0, 0.1) is 5.92 Å². The van der Waals surface area contributed by atoms with Crippen LogP contribution in [0.5, 0.6) is 0 Å². The molecule has 0 spiro atoms. The minimum atomic E-state index is -2.23. The Morgan fingerprint density at radius 1 is 1.06 bits per heavy atom. The van der Waals surface area contributed by atoms with E-state index in [-0.39, 0.29) is 5.92 Å². The molecule has 3 N–H and O–H groups in total. The van der Waals surface area contributed by atoms with Gasteiger partial charge in [0.25, 0.3) is 0 Å². The molecule has 176 valence electrons. The first kappa shape index (κ1) is 21.8. The van der Waals surface area contributed by atoms with Crippen LogP contribution in [0.3, 0.4) is 0 Å². The highest BCUT2D eigenvalue weighted by Gasteiger charge is 2.34. The molecule has 1 aliphatic carbocycles. The summed E-state index contributed by atoms with van der Waals surface area (Å²) in [5.74, 6) is 1.88. The van der Waals surface area contributed by atoms with Gasteiger partial charge in [0.1, 0.15) is 22.9 Å². The average Bonchev–Trinajstić information content (AvgIpc) is 3.23. The number of hydrogen-bond donors (Lipinski definition) is 2. The Morgan fingerprint density at radius 3 is 2.66 bits per heavy atom. The number of pyridine rings is 1. The lowest BCUT2D eigenvalue weighted by molar-refractivity contribution is 0.255. The SMILES string of the molecule is Nc1nccn2c(C3CC(CNS(=O)[O-])C3)nc(-c3ccc4ccc(-c5ccccc5)nc4c3)c12. The fraction of sp³-hybridized carbons (Fsp3) is 0.192. The van der Waals surface area contributed by atoms with Crippen LogP contribution in [0.25, 0.3) is 38.9 Å². The van der Waals surface area contributed by atoms with Crippen molar-refractivity contribution in [2.75, 3.05) is 12.3 Å². The zero-order chi connectivity index (χ0) is 23.9. The molecule has 8 nitrogen and oxygen atoms in total. The first-order valence-corrected chi connectivity index (χ1v) is 12.6. The van der Waals surface area contributed by atoms with Gasteiger partial charge in [-0.25, -0.2) is 19.7 Å². The van der Waals surface area contributed by atoms with Crippen LogP contribution < -0.4 is 10.5 Å². The van der Waals surface area contributed by atoms with Crippen molar-refractivity contribution in [3.05, 3.63) is 78.9 Å². The first-order chi connectivity index (χ1) is 17.1. The van der Waals surface area contributed by atoms with Crippen molar-refractivity contribution in [1.82, 2.24) is 24.1 Å². The number of imidazole rings is 1. The maximum Gasteiger partial charge on any atom is 0.150 e. The minimum Gasteiger partial charge on any atom is -0.760 e. The molecule has 0 saturated heterocycles. The van der Waals surface area contributed by atoms with Crippen molar-refractivity contribution in [2.45, 2.75) is 18.8 Å². The van der Waals surface area contributed by atoms with Crippen LogP contribution in [0.1, 0.15) is 24.6 Å². The molecule has 1 fully saturated rings. The van der Waals surface area contributed by atoms with Gasteiger partial charge in [0.2, 0.25) is 0 Å². The standard InChI is InChI=1S/C26H24N6O2S/c27-25-24-23(31-26(32(24)11-10-28-25)20-12-16(13-20)15-29-35(33)34)19-7-6-18-8-9-21(30-22(18)14-19)17-4-2-1-3-5-17/h1-11,14,16,20,29H,12-13,15H2,(H2,27,28)(H,33,34)/p-1. The van der Waals surface area contributed by atoms with Gasteiger partial charge in [0.15, 0.2) is 0 Å². The Morgan fingerprint density at radius 2 is 1.86 bits per heavy atom. The molecular weight excluding hydrogens is 460 g/mol. The molecule has 1 saturated carbocycles. The molecule has 0 bridgehead atoms. The molecule has 9 heteroatoms. The molecule has 0 aliphatic heterocycles. The number of fused-ring (bicyclic) bond motifs is 2. The highest BCUT2D eigenvalue weighted by atomic mass is 32.2.